The van der Waals surface area contributed by atoms with Gasteiger partial charge in [-0.2, -0.15) is 0 Å². The first-order chi connectivity index (χ1) is 8.41. The zero-order valence-electron chi connectivity index (χ0n) is 12.1. The van der Waals surface area contributed by atoms with E-state index >= 15 is 0 Å². The zero-order valence-corrected chi connectivity index (χ0v) is 12.1. The van der Waals surface area contributed by atoms with E-state index in [1.807, 2.05) is 0 Å². The van der Waals surface area contributed by atoms with Crippen molar-refractivity contribution < 1.29 is 14.3 Å². The molecule has 2 aliphatic carbocycles. The lowest BCUT2D eigenvalue weighted by atomic mass is 9.66. The SMILES string of the molecule is CC(C)CO[C@H]1C[C@H](OC(=O)C2CCC2)C1(C)C. The molecule has 0 aliphatic heterocycles. The van der Waals surface area contributed by atoms with Crippen LogP contribution in [0.4, 0.5) is 0 Å². The van der Waals surface area contributed by atoms with Crippen molar-refractivity contribution in [1.82, 2.24) is 0 Å². The molecule has 18 heavy (non-hydrogen) atoms. The van der Waals surface area contributed by atoms with Crippen molar-refractivity contribution in [3.63, 3.8) is 0 Å². The highest BCUT2D eigenvalue weighted by molar-refractivity contribution is 5.73. The summed E-state index contributed by atoms with van der Waals surface area (Å²) < 4.78 is 11.5. The Morgan fingerprint density at radius 2 is 1.94 bits per heavy atom. The number of ether oxygens (including phenoxy) is 2. The van der Waals surface area contributed by atoms with E-state index < -0.39 is 0 Å². The molecule has 2 fully saturated rings. The molecule has 2 saturated carbocycles. The van der Waals surface area contributed by atoms with Crippen molar-refractivity contribution in [2.75, 3.05) is 6.61 Å². The normalized spacial score (nSPS) is 30.7. The summed E-state index contributed by atoms with van der Waals surface area (Å²) in [5.41, 5.74) is -0.0334. The van der Waals surface area contributed by atoms with E-state index in [1.54, 1.807) is 0 Å². The van der Waals surface area contributed by atoms with E-state index in [-0.39, 0.29) is 29.5 Å². The number of carbonyl (C=O) groups is 1. The summed E-state index contributed by atoms with van der Waals surface area (Å²) in [6.45, 7) is 9.37. The number of esters is 1. The van der Waals surface area contributed by atoms with Gasteiger partial charge in [0, 0.05) is 18.4 Å². The van der Waals surface area contributed by atoms with Gasteiger partial charge in [0.15, 0.2) is 0 Å². The second-order valence-electron chi connectivity index (χ2n) is 6.83. The highest BCUT2D eigenvalue weighted by Gasteiger charge is 2.52. The molecule has 104 valence electrons. The number of hydrogen-bond donors (Lipinski definition) is 0. The second-order valence-corrected chi connectivity index (χ2v) is 6.83. The van der Waals surface area contributed by atoms with Crippen molar-refractivity contribution in [2.45, 2.75) is 65.6 Å². The van der Waals surface area contributed by atoms with Crippen molar-refractivity contribution >= 4 is 5.97 Å². The molecule has 0 heterocycles. The lowest BCUT2D eigenvalue weighted by Crippen LogP contribution is -2.57. The molecule has 0 N–H and O–H groups in total. The molecule has 0 bridgehead atoms. The largest absolute Gasteiger partial charge is 0.461 e. The molecule has 2 atom stereocenters. The average molecular weight is 254 g/mol. The Balaban J connectivity index is 1.77. The molecule has 0 radical (unpaired) electrons. The lowest BCUT2D eigenvalue weighted by Gasteiger charge is -2.51. The van der Waals surface area contributed by atoms with Gasteiger partial charge in [0.05, 0.1) is 12.0 Å². The Hall–Kier alpha value is -0.570. The molecule has 2 rings (SSSR count). The van der Waals surface area contributed by atoms with Gasteiger partial charge in [0.1, 0.15) is 6.10 Å². The summed E-state index contributed by atoms with van der Waals surface area (Å²) in [4.78, 5) is 11.8. The van der Waals surface area contributed by atoms with E-state index in [1.165, 1.54) is 6.42 Å². The fraction of sp³-hybridized carbons (Fsp3) is 0.933. The Morgan fingerprint density at radius 3 is 2.39 bits per heavy atom. The maximum absolute atomic E-state index is 11.8. The van der Waals surface area contributed by atoms with Gasteiger partial charge in [-0.05, 0) is 18.8 Å². The van der Waals surface area contributed by atoms with E-state index in [9.17, 15) is 4.79 Å². The molecule has 0 saturated heterocycles. The van der Waals surface area contributed by atoms with Crippen LogP contribution in [0.2, 0.25) is 0 Å². The van der Waals surface area contributed by atoms with Gasteiger partial charge in [0.2, 0.25) is 0 Å². The van der Waals surface area contributed by atoms with Gasteiger partial charge in [-0.3, -0.25) is 4.79 Å². The number of hydrogen-bond acceptors (Lipinski definition) is 3. The summed E-state index contributed by atoms with van der Waals surface area (Å²) in [6, 6.07) is 0. The maximum atomic E-state index is 11.8. The predicted molar refractivity (Wildman–Crippen MR) is 70.2 cm³/mol. The van der Waals surface area contributed by atoms with Crippen LogP contribution >= 0.6 is 0 Å². The topological polar surface area (TPSA) is 35.5 Å². The molecule has 0 aromatic heterocycles. The summed E-state index contributed by atoms with van der Waals surface area (Å²) >= 11 is 0. The number of carbonyl (C=O) groups excluding carboxylic acids is 1. The van der Waals surface area contributed by atoms with Crippen LogP contribution in [-0.4, -0.2) is 24.8 Å². The third-order valence-electron chi connectivity index (χ3n) is 4.42. The van der Waals surface area contributed by atoms with Gasteiger partial charge < -0.3 is 9.47 Å². The van der Waals surface area contributed by atoms with Crippen molar-refractivity contribution in [3.05, 3.63) is 0 Å². The van der Waals surface area contributed by atoms with E-state index in [0.717, 1.165) is 25.9 Å². The molecular formula is C15H26O3. The Labute approximate surface area is 110 Å². The quantitative estimate of drug-likeness (QED) is 0.707. The van der Waals surface area contributed by atoms with Gasteiger partial charge in [-0.15, -0.1) is 0 Å². The summed E-state index contributed by atoms with van der Waals surface area (Å²) in [5.74, 6) is 0.746. The Morgan fingerprint density at radius 1 is 1.28 bits per heavy atom. The summed E-state index contributed by atoms with van der Waals surface area (Å²) in [5, 5.41) is 0. The number of rotatable bonds is 5. The monoisotopic (exact) mass is 254 g/mol. The smallest absolute Gasteiger partial charge is 0.309 e. The second kappa shape index (κ2) is 5.20. The van der Waals surface area contributed by atoms with Gasteiger partial charge >= 0.3 is 5.97 Å². The zero-order chi connectivity index (χ0) is 13.3. The Bertz CT molecular complexity index is 305. The predicted octanol–water partition coefficient (Wildman–Crippen LogP) is 3.17. The van der Waals surface area contributed by atoms with Crippen LogP contribution in [0.15, 0.2) is 0 Å². The third kappa shape index (κ3) is 2.71. The van der Waals surface area contributed by atoms with Crippen LogP contribution in [0.5, 0.6) is 0 Å². The molecule has 0 spiro atoms. The molecule has 2 aliphatic rings. The van der Waals surface area contributed by atoms with Crippen LogP contribution in [0, 0.1) is 17.3 Å². The first-order valence-corrected chi connectivity index (χ1v) is 7.23. The molecule has 0 unspecified atom stereocenters. The molecule has 3 nitrogen and oxygen atoms in total. The first kappa shape index (κ1) is 13.9. The van der Waals surface area contributed by atoms with E-state index in [4.69, 9.17) is 9.47 Å². The summed E-state index contributed by atoms with van der Waals surface area (Å²) in [6.07, 6.45) is 4.34. The average Bonchev–Trinajstić information content (AvgIpc) is 2.19. The van der Waals surface area contributed by atoms with Crippen molar-refractivity contribution in [1.29, 1.82) is 0 Å². The lowest BCUT2D eigenvalue weighted by molar-refractivity contribution is -0.209. The van der Waals surface area contributed by atoms with Gasteiger partial charge in [0.25, 0.3) is 0 Å². The van der Waals surface area contributed by atoms with Gasteiger partial charge in [-0.25, -0.2) is 0 Å². The van der Waals surface area contributed by atoms with Crippen LogP contribution < -0.4 is 0 Å². The van der Waals surface area contributed by atoms with Crippen LogP contribution in [0.1, 0.15) is 53.4 Å². The van der Waals surface area contributed by atoms with Crippen molar-refractivity contribution in [3.8, 4) is 0 Å². The maximum Gasteiger partial charge on any atom is 0.309 e. The minimum atomic E-state index is -0.0334. The van der Waals surface area contributed by atoms with E-state index in [2.05, 4.69) is 27.7 Å². The minimum Gasteiger partial charge on any atom is -0.461 e. The fourth-order valence-electron chi connectivity index (χ4n) is 2.52. The van der Waals surface area contributed by atoms with Crippen LogP contribution in [0.3, 0.4) is 0 Å². The molecule has 0 aromatic rings. The van der Waals surface area contributed by atoms with Gasteiger partial charge in [-0.1, -0.05) is 34.1 Å². The molecule has 3 heteroatoms. The molecular weight excluding hydrogens is 228 g/mol. The van der Waals surface area contributed by atoms with Crippen LogP contribution in [0.25, 0.3) is 0 Å². The van der Waals surface area contributed by atoms with Crippen LogP contribution in [-0.2, 0) is 14.3 Å². The highest BCUT2D eigenvalue weighted by Crippen LogP contribution is 2.45. The summed E-state index contributed by atoms with van der Waals surface area (Å²) in [7, 11) is 0. The van der Waals surface area contributed by atoms with E-state index in [0.29, 0.717) is 5.92 Å². The molecule has 0 aromatic carbocycles. The fourth-order valence-corrected chi connectivity index (χ4v) is 2.52. The highest BCUT2D eigenvalue weighted by atomic mass is 16.6. The standard InChI is InChI=1S/C15H26O3/c1-10(2)9-17-12-8-13(15(12,3)4)18-14(16)11-6-5-7-11/h10-13H,5-9H2,1-4H3/t12-,13-/m0/s1. The minimum absolute atomic E-state index is 0.0154. The first-order valence-electron chi connectivity index (χ1n) is 7.23. The third-order valence-corrected chi connectivity index (χ3v) is 4.42. The van der Waals surface area contributed by atoms with Crippen molar-refractivity contribution in [2.24, 2.45) is 17.3 Å². The molecule has 0 amide bonds. The Kier molecular flexibility index (Phi) is 4.00.